The largest absolute Gasteiger partial charge is 0.390 e. The van der Waals surface area contributed by atoms with E-state index in [2.05, 4.69) is 20.9 Å². The molecule has 1 aromatic carbocycles. The van der Waals surface area contributed by atoms with E-state index in [-0.39, 0.29) is 18.9 Å². The first kappa shape index (κ1) is 34.3. The number of rotatable bonds is 16. The monoisotopic (exact) mass is 611 g/mol. The Morgan fingerprint density at radius 2 is 1.66 bits per heavy atom. The number of amides is 3. The smallest absolute Gasteiger partial charge is 0.263 e. The van der Waals surface area contributed by atoms with Crippen molar-refractivity contribution in [1.82, 2.24) is 20.9 Å². The standard InChI is InChI=1S/C27H41N5O7S2/c1-16(2)10-21(31-27(36)24-13-29-17(3)40-24)25(34)32-22(14-39-4)26(35)30-20(23(33)15-41(5,37)38)11-18-6-8-19(12-28)9-7-18/h6-9,13,16,20-23,33H,10-12,14-15,28H2,1-5H3,(H,30,35)(H,31,36)(H,32,34)/t20-,21-,22-,23-/m0/s1. The number of sulfone groups is 1. The van der Waals surface area contributed by atoms with Crippen LogP contribution in [-0.2, 0) is 37.1 Å². The lowest BCUT2D eigenvalue weighted by Crippen LogP contribution is -2.58. The Kier molecular flexibility index (Phi) is 13.3. The van der Waals surface area contributed by atoms with Gasteiger partial charge in [0.15, 0.2) is 0 Å². The minimum Gasteiger partial charge on any atom is -0.390 e. The van der Waals surface area contributed by atoms with Crippen molar-refractivity contribution >= 4 is 38.9 Å². The summed E-state index contributed by atoms with van der Waals surface area (Å²) in [5.74, 6) is -2.24. The third kappa shape index (κ3) is 11.8. The number of carbonyl (C=O) groups is 3. The molecular formula is C27H41N5O7S2. The van der Waals surface area contributed by atoms with E-state index in [0.717, 1.165) is 17.4 Å². The normalized spacial score (nSPS) is 14.6. The molecule has 14 heteroatoms. The number of benzene rings is 1. The van der Waals surface area contributed by atoms with Gasteiger partial charge in [0.25, 0.3) is 5.91 Å². The molecule has 2 aromatic rings. The van der Waals surface area contributed by atoms with Crippen LogP contribution < -0.4 is 21.7 Å². The first-order valence-electron chi connectivity index (χ1n) is 13.2. The van der Waals surface area contributed by atoms with Gasteiger partial charge in [0.05, 0.1) is 35.7 Å². The van der Waals surface area contributed by atoms with Gasteiger partial charge in [0.2, 0.25) is 11.8 Å². The molecule has 0 fully saturated rings. The second-order valence-corrected chi connectivity index (χ2v) is 13.8. The number of aromatic nitrogens is 1. The van der Waals surface area contributed by atoms with Gasteiger partial charge in [0.1, 0.15) is 26.8 Å². The van der Waals surface area contributed by atoms with Gasteiger partial charge >= 0.3 is 0 Å². The summed E-state index contributed by atoms with van der Waals surface area (Å²) >= 11 is 1.20. The van der Waals surface area contributed by atoms with Crippen LogP contribution in [0, 0.1) is 12.8 Å². The molecule has 0 saturated carbocycles. The van der Waals surface area contributed by atoms with Crippen LogP contribution in [0.4, 0.5) is 0 Å². The average Bonchev–Trinajstić information content (AvgIpc) is 3.33. The Hall–Kier alpha value is -2.91. The average molecular weight is 612 g/mol. The maximum atomic E-state index is 13.4. The number of hydrogen-bond acceptors (Lipinski definition) is 10. The number of aliphatic hydroxyl groups excluding tert-OH is 1. The van der Waals surface area contributed by atoms with Gasteiger partial charge in [0, 0.05) is 19.9 Å². The lowest BCUT2D eigenvalue weighted by Gasteiger charge is -2.28. The van der Waals surface area contributed by atoms with Crippen LogP contribution >= 0.6 is 11.3 Å². The third-order valence-electron chi connectivity index (χ3n) is 6.12. The second-order valence-electron chi connectivity index (χ2n) is 10.4. The van der Waals surface area contributed by atoms with Crippen LogP contribution in [0.2, 0.25) is 0 Å². The number of aliphatic hydroxyl groups is 1. The maximum absolute atomic E-state index is 13.4. The zero-order valence-corrected chi connectivity index (χ0v) is 25.7. The van der Waals surface area contributed by atoms with Crippen LogP contribution in [-0.4, -0.2) is 86.2 Å². The topological polar surface area (TPSA) is 190 Å². The Labute approximate surface area is 245 Å². The molecule has 0 aliphatic rings. The van der Waals surface area contributed by atoms with Crippen molar-refractivity contribution in [2.75, 3.05) is 25.7 Å². The van der Waals surface area contributed by atoms with Gasteiger partial charge in [-0.05, 0) is 36.8 Å². The fourth-order valence-electron chi connectivity index (χ4n) is 4.08. The molecule has 0 aliphatic heterocycles. The first-order chi connectivity index (χ1) is 19.2. The fourth-order valence-corrected chi connectivity index (χ4v) is 5.61. The summed E-state index contributed by atoms with van der Waals surface area (Å²) in [4.78, 5) is 43.8. The van der Waals surface area contributed by atoms with Crippen LogP contribution in [0.25, 0.3) is 0 Å². The first-order valence-corrected chi connectivity index (χ1v) is 16.1. The molecule has 0 radical (unpaired) electrons. The summed E-state index contributed by atoms with van der Waals surface area (Å²) in [5, 5.41) is 19.5. The highest BCUT2D eigenvalue weighted by atomic mass is 32.2. The maximum Gasteiger partial charge on any atom is 0.263 e. The van der Waals surface area contributed by atoms with Crippen LogP contribution in [0.1, 0.15) is 46.1 Å². The molecule has 1 heterocycles. The number of nitrogens with two attached hydrogens (primary N) is 1. The van der Waals surface area contributed by atoms with E-state index in [1.165, 1.54) is 24.6 Å². The van der Waals surface area contributed by atoms with Crippen LogP contribution in [0.5, 0.6) is 0 Å². The number of hydrogen-bond donors (Lipinski definition) is 5. The number of nitrogens with zero attached hydrogens (tertiary/aromatic N) is 1. The summed E-state index contributed by atoms with van der Waals surface area (Å²) < 4.78 is 29.0. The van der Waals surface area contributed by atoms with E-state index < -0.39 is 57.5 Å². The molecule has 4 atom stereocenters. The van der Waals surface area contributed by atoms with Crippen molar-refractivity contribution in [3.63, 3.8) is 0 Å². The molecule has 0 spiro atoms. The van der Waals surface area contributed by atoms with Crippen molar-refractivity contribution in [1.29, 1.82) is 0 Å². The van der Waals surface area contributed by atoms with E-state index >= 15 is 0 Å². The molecule has 6 N–H and O–H groups in total. The predicted molar refractivity (Wildman–Crippen MR) is 157 cm³/mol. The summed E-state index contributed by atoms with van der Waals surface area (Å²) in [6, 6.07) is 4.07. The number of aryl methyl sites for hydroxylation is 1. The molecule has 12 nitrogen and oxygen atoms in total. The molecule has 0 saturated heterocycles. The number of carbonyl (C=O) groups excluding carboxylic acids is 3. The van der Waals surface area contributed by atoms with Crippen molar-refractivity contribution in [2.24, 2.45) is 11.7 Å². The molecular weight excluding hydrogens is 570 g/mol. The predicted octanol–water partition coefficient (Wildman–Crippen LogP) is 0.319. The van der Waals surface area contributed by atoms with Crippen molar-refractivity contribution < 1.29 is 32.6 Å². The Bertz CT molecular complexity index is 1270. The van der Waals surface area contributed by atoms with E-state index in [9.17, 15) is 27.9 Å². The van der Waals surface area contributed by atoms with Gasteiger partial charge in [-0.1, -0.05) is 38.1 Å². The van der Waals surface area contributed by atoms with Gasteiger partial charge in [-0.15, -0.1) is 11.3 Å². The van der Waals surface area contributed by atoms with E-state index in [4.69, 9.17) is 10.5 Å². The van der Waals surface area contributed by atoms with Crippen molar-refractivity contribution in [2.45, 2.75) is 64.4 Å². The van der Waals surface area contributed by atoms with Gasteiger partial charge < -0.3 is 31.5 Å². The lowest BCUT2D eigenvalue weighted by atomic mass is 10.00. The van der Waals surface area contributed by atoms with E-state index in [0.29, 0.717) is 22.9 Å². The van der Waals surface area contributed by atoms with Gasteiger partial charge in [-0.2, -0.15) is 0 Å². The summed E-state index contributed by atoms with van der Waals surface area (Å²) in [6.07, 6.45) is 1.45. The number of nitrogens with one attached hydrogen (secondary N) is 3. The van der Waals surface area contributed by atoms with Gasteiger partial charge in [-0.25, -0.2) is 13.4 Å². The molecule has 0 unspecified atom stereocenters. The number of methoxy groups -OCH3 is 1. The SMILES string of the molecule is COC[C@H](NC(=O)[C@H](CC(C)C)NC(=O)c1cnc(C)s1)C(=O)N[C@@H](Cc1ccc(CN)cc1)[C@@H](O)CS(C)(=O)=O. The van der Waals surface area contributed by atoms with Crippen LogP contribution in [0.15, 0.2) is 30.5 Å². The Morgan fingerprint density at radius 3 is 2.17 bits per heavy atom. The highest BCUT2D eigenvalue weighted by Gasteiger charge is 2.31. The van der Waals surface area contributed by atoms with Crippen molar-refractivity contribution in [3.05, 3.63) is 51.5 Å². The minimum absolute atomic E-state index is 0.0464. The molecule has 2 rings (SSSR count). The van der Waals surface area contributed by atoms with Crippen molar-refractivity contribution in [3.8, 4) is 0 Å². The molecule has 0 bridgehead atoms. The quantitative estimate of drug-likeness (QED) is 0.178. The zero-order chi connectivity index (χ0) is 30.7. The van der Waals surface area contributed by atoms with E-state index in [1.807, 2.05) is 26.0 Å². The molecule has 41 heavy (non-hydrogen) atoms. The van der Waals surface area contributed by atoms with E-state index in [1.54, 1.807) is 19.1 Å². The summed E-state index contributed by atoms with van der Waals surface area (Å²) in [5.41, 5.74) is 7.29. The van der Waals surface area contributed by atoms with Gasteiger partial charge in [-0.3, -0.25) is 14.4 Å². The number of thiazole rings is 1. The molecule has 228 valence electrons. The molecule has 3 amide bonds. The molecule has 1 aromatic heterocycles. The zero-order valence-electron chi connectivity index (χ0n) is 24.0. The number of ether oxygens (including phenoxy) is 1. The lowest BCUT2D eigenvalue weighted by molar-refractivity contribution is -0.132. The summed E-state index contributed by atoms with van der Waals surface area (Å²) in [7, 11) is -2.21. The minimum atomic E-state index is -3.57. The molecule has 0 aliphatic carbocycles. The fraction of sp³-hybridized carbons (Fsp3) is 0.556. The third-order valence-corrected chi connectivity index (χ3v) is 7.98. The highest BCUT2D eigenvalue weighted by Crippen LogP contribution is 2.14. The highest BCUT2D eigenvalue weighted by molar-refractivity contribution is 7.90. The summed E-state index contributed by atoms with van der Waals surface area (Å²) in [6.45, 7) is 5.71. The second kappa shape index (κ2) is 15.9. The Morgan fingerprint density at radius 1 is 1.05 bits per heavy atom. The van der Waals surface area contributed by atoms with Crippen LogP contribution in [0.3, 0.4) is 0 Å². The Balaban J connectivity index is 2.22.